The van der Waals surface area contributed by atoms with Crippen LogP contribution in [0.25, 0.3) is 0 Å². The van der Waals surface area contributed by atoms with Crippen molar-refractivity contribution in [2.45, 2.75) is 191 Å². The monoisotopic (exact) mass is 492 g/mol. The molecule has 1 radical (unpaired) electrons. The fraction of sp³-hybridized carbons (Fsp3) is 1.00. The first-order chi connectivity index (χ1) is 15.4. The Kier molecular flexibility index (Phi) is 37.8. The smallest absolute Gasteiger partial charge is 0.0654 e. The zero-order valence-electron chi connectivity index (χ0n) is 23.1. The third-order valence-corrected chi connectivity index (χ3v) is 7.97. The molecule has 32 heavy (non-hydrogen) atoms. The van der Waals surface area contributed by atoms with Gasteiger partial charge in [-0.05, 0) is 0 Å². The predicted molar refractivity (Wildman–Crippen MR) is 147 cm³/mol. The molecule has 0 N–H and O–H groups in total. The maximum atomic E-state index is 2.31. The first kappa shape index (κ1) is 35.3. The summed E-state index contributed by atoms with van der Waals surface area (Å²) >= 11 is 2.31. The Labute approximate surface area is 224 Å². The van der Waals surface area contributed by atoms with E-state index in [-0.39, 0.29) is 18.9 Å². The van der Waals surface area contributed by atoms with Crippen molar-refractivity contribution in [1.29, 1.82) is 0 Å². The summed E-state index contributed by atoms with van der Waals surface area (Å²) in [7, 11) is 0. The summed E-state index contributed by atoms with van der Waals surface area (Å²) in [5, 5.41) is 2.80. The molecule has 0 atom stereocenters. The van der Waals surface area contributed by atoms with Gasteiger partial charge in [0.2, 0.25) is 0 Å². The quantitative estimate of drug-likeness (QED) is 0.0751. The van der Waals surface area contributed by atoms with Crippen LogP contribution < -0.4 is 0 Å². The summed E-state index contributed by atoms with van der Waals surface area (Å²) in [5.74, 6) is 0. The minimum Gasteiger partial charge on any atom is -0.0654 e. The van der Waals surface area contributed by atoms with Gasteiger partial charge in [-0.2, -0.15) is 0 Å². The normalized spacial score (nSPS) is 11.2. The van der Waals surface area contributed by atoms with Gasteiger partial charge < -0.3 is 0 Å². The molecule has 0 aliphatic rings. The van der Waals surface area contributed by atoms with Gasteiger partial charge in [0, 0.05) is 18.9 Å². The van der Waals surface area contributed by atoms with Crippen LogP contribution in [0.5, 0.6) is 0 Å². The fourth-order valence-electron chi connectivity index (χ4n) is 4.41. The molecule has 0 aromatic rings. The molecule has 0 spiro atoms. The summed E-state index contributed by atoms with van der Waals surface area (Å²) in [6, 6.07) is 0. The van der Waals surface area contributed by atoms with Crippen LogP contribution in [0, 0.1) is 0 Å². The third kappa shape index (κ3) is 33.3. The molecule has 0 aliphatic heterocycles. The fourth-order valence-corrected chi connectivity index (χ4v) is 5.59. The number of hydrogen-bond acceptors (Lipinski definition) is 0. The summed E-state index contributed by atoms with van der Waals surface area (Å²) in [6.07, 6.45) is 38.2. The van der Waals surface area contributed by atoms with E-state index in [0.29, 0.717) is 0 Å². The minimum absolute atomic E-state index is 0. The molecule has 0 nitrogen and oxygen atoms in total. The Bertz CT molecular complexity index is 267. The van der Waals surface area contributed by atoms with Crippen molar-refractivity contribution in [2.24, 2.45) is 0 Å². The van der Waals surface area contributed by atoms with E-state index in [1.807, 2.05) is 0 Å². The SMILES string of the molecule is CCCCCCCCCCCCCC[CH2][Cu][CH2]CCCCCCCCCCCCCC.[Li]. The van der Waals surface area contributed by atoms with Crippen LogP contribution in [0.15, 0.2) is 0 Å². The second kappa shape index (κ2) is 34.3. The van der Waals surface area contributed by atoms with Gasteiger partial charge in [0.1, 0.15) is 0 Å². The van der Waals surface area contributed by atoms with E-state index < -0.39 is 0 Å². The third-order valence-electron chi connectivity index (χ3n) is 6.63. The van der Waals surface area contributed by atoms with Crippen LogP contribution in [0.3, 0.4) is 0 Å². The second-order valence-corrected chi connectivity index (χ2v) is 11.4. The van der Waals surface area contributed by atoms with E-state index in [9.17, 15) is 0 Å². The van der Waals surface area contributed by atoms with E-state index in [4.69, 9.17) is 0 Å². The number of rotatable bonds is 28. The van der Waals surface area contributed by atoms with E-state index >= 15 is 0 Å². The van der Waals surface area contributed by atoms with E-state index in [1.54, 1.807) is 0 Å². The molecule has 0 aromatic carbocycles. The zero-order valence-corrected chi connectivity index (χ0v) is 24.0. The van der Waals surface area contributed by atoms with Crippen LogP contribution in [0.1, 0.15) is 181 Å². The summed E-state index contributed by atoms with van der Waals surface area (Å²) < 4.78 is 0. The predicted octanol–water partition coefficient (Wildman–Crippen LogP) is 11.7. The van der Waals surface area contributed by atoms with Crippen molar-refractivity contribution in [3.05, 3.63) is 0 Å². The average molecular weight is 493 g/mol. The van der Waals surface area contributed by atoms with Gasteiger partial charge in [-0.3, -0.25) is 0 Å². The van der Waals surface area contributed by atoms with Crippen LogP contribution in [0.2, 0.25) is 10.6 Å². The molecule has 0 fully saturated rings. The van der Waals surface area contributed by atoms with Gasteiger partial charge in [0.05, 0.1) is 0 Å². The van der Waals surface area contributed by atoms with Gasteiger partial charge in [0.25, 0.3) is 0 Å². The van der Waals surface area contributed by atoms with Crippen LogP contribution in [-0.2, 0) is 15.0 Å². The Balaban J connectivity index is 0. The van der Waals surface area contributed by atoms with Crippen molar-refractivity contribution in [3.63, 3.8) is 0 Å². The molecular weight excluding hydrogens is 431 g/mol. The molecule has 0 unspecified atom stereocenters. The second-order valence-electron chi connectivity index (χ2n) is 9.94. The van der Waals surface area contributed by atoms with Crippen molar-refractivity contribution < 1.29 is 15.0 Å². The molecule has 0 saturated heterocycles. The van der Waals surface area contributed by atoms with Gasteiger partial charge in [-0.1, -0.05) is 39.5 Å². The molecule has 0 aliphatic carbocycles. The zero-order chi connectivity index (χ0) is 22.5. The van der Waals surface area contributed by atoms with Crippen molar-refractivity contribution >= 4 is 18.9 Å². The minimum atomic E-state index is 0. The molecular formula is C30H62CuLi. The van der Waals surface area contributed by atoms with E-state index in [1.165, 1.54) is 178 Å². The molecule has 0 saturated carbocycles. The molecule has 0 bridgehead atoms. The Morgan fingerprint density at radius 2 is 0.469 bits per heavy atom. The molecule has 0 heterocycles. The van der Waals surface area contributed by atoms with Crippen molar-refractivity contribution in [1.82, 2.24) is 0 Å². The van der Waals surface area contributed by atoms with E-state index in [0.717, 1.165) is 0 Å². The Morgan fingerprint density at radius 1 is 0.281 bits per heavy atom. The number of unbranched alkanes of at least 4 members (excludes halogenated alkanes) is 24. The van der Waals surface area contributed by atoms with Crippen molar-refractivity contribution in [3.8, 4) is 0 Å². The average Bonchev–Trinajstić information content (AvgIpc) is 2.78. The Morgan fingerprint density at radius 3 is 0.688 bits per heavy atom. The molecule has 2 heteroatoms. The summed E-state index contributed by atoms with van der Waals surface area (Å²) in [6.45, 7) is 4.61. The van der Waals surface area contributed by atoms with Crippen LogP contribution in [0.4, 0.5) is 0 Å². The van der Waals surface area contributed by atoms with Gasteiger partial charge in [0.15, 0.2) is 0 Å². The van der Waals surface area contributed by atoms with Gasteiger partial charge >= 0.3 is 167 Å². The van der Waals surface area contributed by atoms with Gasteiger partial charge in [-0.15, -0.1) is 0 Å². The van der Waals surface area contributed by atoms with E-state index in [2.05, 4.69) is 28.8 Å². The maximum absolute atomic E-state index is 2.31. The first-order valence-electron chi connectivity index (χ1n) is 14.8. The van der Waals surface area contributed by atoms with Crippen LogP contribution >= 0.6 is 0 Å². The standard InChI is InChI=1S/2C15H31.Cu.Li/c2*1-3-5-7-9-11-13-15-14-12-10-8-6-4-2;;/h2*1,3-15H2,2H3;;. The van der Waals surface area contributed by atoms with Crippen molar-refractivity contribution in [2.75, 3.05) is 0 Å². The molecule has 0 aromatic heterocycles. The van der Waals surface area contributed by atoms with Crippen LogP contribution in [-0.4, -0.2) is 18.9 Å². The summed E-state index contributed by atoms with van der Waals surface area (Å²) in [5.41, 5.74) is 0. The Hall–Kier alpha value is 1.12. The molecule has 0 rings (SSSR count). The summed E-state index contributed by atoms with van der Waals surface area (Å²) in [4.78, 5) is 0. The number of hydrogen-bond donors (Lipinski definition) is 0. The topological polar surface area (TPSA) is 0 Å². The van der Waals surface area contributed by atoms with Gasteiger partial charge in [-0.25, -0.2) is 0 Å². The molecule has 194 valence electrons. The molecule has 0 amide bonds. The first-order valence-corrected chi connectivity index (χ1v) is 16.2.